The number of aromatic nitrogens is 4. The minimum absolute atomic E-state index is 0.0265. The van der Waals surface area contributed by atoms with Crippen molar-refractivity contribution in [2.75, 3.05) is 5.32 Å². The zero-order valence-electron chi connectivity index (χ0n) is 15.6. The van der Waals surface area contributed by atoms with Crippen LogP contribution in [0.2, 0.25) is 0 Å². The van der Waals surface area contributed by atoms with Crippen molar-refractivity contribution < 1.29 is 13.6 Å². The SMILES string of the molecule is Cn1c(=O)c2ccc(C(=O)Nc3nc(-c4cc(F)ccc4F)cs3)nc2n(C)c1=O. The number of nitrogens with one attached hydrogen (secondary N) is 1. The third-order valence-corrected chi connectivity index (χ3v) is 5.22. The van der Waals surface area contributed by atoms with Crippen LogP contribution in [0.25, 0.3) is 22.3 Å². The van der Waals surface area contributed by atoms with Crippen LogP contribution in [0.5, 0.6) is 0 Å². The fraction of sp³-hybridized carbons (Fsp3) is 0.105. The third kappa shape index (κ3) is 3.28. The Hall–Kier alpha value is -3.73. The van der Waals surface area contributed by atoms with Crippen molar-refractivity contribution in [1.29, 1.82) is 0 Å². The second kappa shape index (κ2) is 7.26. The van der Waals surface area contributed by atoms with Gasteiger partial charge in [0.25, 0.3) is 11.5 Å². The van der Waals surface area contributed by atoms with Crippen molar-refractivity contribution >= 4 is 33.4 Å². The number of aryl methyl sites for hydroxylation is 1. The smallest absolute Gasteiger partial charge is 0.296 e. The molecule has 1 amide bonds. The summed E-state index contributed by atoms with van der Waals surface area (Å²) < 4.78 is 29.4. The molecule has 4 rings (SSSR count). The van der Waals surface area contributed by atoms with Crippen LogP contribution in [0.1, 0.15) is 10.5 Å². The van der Waals surface area contributed by atoms with Crippen LogP contribution >= 0.6 is 11.3 Å². The van der Waals surface area contributed by atoms with Gasteiger partial charge in [-0.1, -0.05) is 0 Å². The number of anilines is 1. The standard InChI is InChI=1S/C19H13F2N5O3S/c1-25-15-10(17(28)26(2)19(25)29)4-6-13(22-15)16(27)24-18-23-14(8-30-18)11-7-9(20)3-5-12(11)21/h3-8H,1-2H3,(H,23,24,27). The Morgan fingerprint density at radius 1 is 1.07 bits per heavy atom. The highest BCUT2D eigenvalue weighted by Crippen LogP contribution is 2.27. The number of pyridine rings is 1. The Kier molecular flexibility index (Phi) is 4.74. The second-order valence-electron chi connectivity index (χ2n) is 6.39. The van der Waals surface area contributed by atoms with Gasteiger partial charge in [0.1, 0.15) is 23.0 Å². The molecule has 0 fully saturated rings. The minimum atomic E-state index is -0.640. The number of amides is 1. The minimum Gasteiger partial charge on any atom is -0.296 e. The fourth-order valence-electron chi connectivity index (χ4n) is 2.89. The van der Waals surface area contributed by atoms with Crippen molar-refractivity contribution in [2.24, 2.45) is 14.1 Å². The quantitative estimate of drug-likeness (QED) is 0.539. The van der Waals surface area contributed by atoms with E-state index in [0.717, 1.165) is 34.1 Å². The number of halogens is 2. The number of hydrogen-bond donors (Lipinski definition) is 1. The van der Waals surface area contributed by atoms with Gasteiger partial charge in [-0.05, 0) is 30.3 Å². The predicted octanol–water partition coefficient (Wildman–Crippen LogP) is 2.29. The van der Waals surface area contributed by atoms with E-state index >= 15 is 0 Å². The lowest BCUT2D eigenvalue weighted by molar-refractivity contribution is 0.102. The molecular weight excluding hydrogens is 416 g/mol. The van der Waals surface area contributed by atoms with E-state index in [-0.39, 0.29) is 33.1 Å². The Balaban J connectivity index is 1.66. The van der Waals surface area contributed by atoms with Gasteiger partial charge in [0.2, 0.25) is 0 Å². The van der Waals surface area contributed by atoms with Gasteiger partial charge in [-0.3, -0.25) is 24.0 Å². The van der Waals surface area contributed by atoms with Gasteiger partial charge < -0.3 is 0 Å². The maximum atomic E-state index is 13.9. The summed E-state index contributed by atoms with van der Waals surface area (Å²) in [6.45, 7) is 0. The van der Waals surface area contributed by atoms with Crippen molar-refractivity contribution in [1.82, 2.24) is 19.1 Å². The molecule has 0 aliphatic carbocycles. The zero-order valence-corrected chi connectivity index (χ0v) is 16.5. The molecule has 30 heavy (non-hydrogen) atoms. The van der Waals surface area contributed by atoms with E-state index in [1.807, 2.05) is 0 Å². The first-order chi connectivity index (χ1) is 14.3. The zero-order chi connectivity index (χ0) is 21.6. The average Bonchev–Trinajstić information content (AvgIpc) is 3.20. The molecule has 152 valence electrons. The normalized spacial score (nSPS) is 11.1. The molecule has 0 saturated heterocycles. The summed E-state index contributed by atoms with van der Waals surface area (Å²) in [5, 5.41) is 4.35. The molecule has 1 aromatic carbocycles. The first-order valence-corrected chi connectivity index (χ1v) is 9.43. The Labute approximate surface area is 171 Å². The fourth-order valence-corrected chi connectivity index (χ4v) is 3.60. The molecular formula is C19H13F2N5O3S. The van der Waals surface area contributed by atoms with Crippen LogP contribution in [0.15, 0.2) is 45.3 Å². The number of thiazole rings is 1. The third-order valence-electron chi connectivity index (χ3n) is 4.46. The molecule has 8 nitrogen and oxygen atoms in total. The average molecular weight is 429 g/mol. The molecule has 0 saturated carbocycles. The maximum absolute atomic E-state index is 13.9. The molecule has 0 spiro atoms. The maximum Gasteiger partial charge on any atom is 0.332 e. The first-order valence-electron chi connectivity index (χ1n) is 8.55. The predicted molar refractivity (Wildman–Crippen MR) is 108 cm³/mol. The number of fused-ring (bicyclic) bond motifs is 1. The van der Waals surface area contributed by atoms with Gasteiger partial charge >= 0.3 is 5.69 Å². The van der Waals surface area contributed by atoms with Crippen molar-refractivity contribution in [3.63, 3.8) is 0 Å². The van der Waals surface area contributed by atoms with E-state index in [9.17, 15) is 23.2 Å². The van der Waals surface area contributed by atoms with Crippen LogP contribution in [0, 0.1) is 11.6 Å². The Morgan fingerprint density at radius 2 is 1.83 bits per heavy atom. The van der Waals surface area contributed by atoms with E-state index < -0.39 is 28.8 Å². The molecule has 1 N–H and O–H groups in total. The molecule has 0 atom stereocenters. The highest BCUT2D eigenvalue weighted by molar-refractivity contribution is 7.14. The summed E-state index contributed by atoms with van der Waals surface area (Å²) >= 11 is 1.03. The summed E-state index contributed by atoms with van der Waals surface area (Å²) in [5.41, 5.74) is -0.920. The van der Waals surface area contributed by atoms with Crippen LogP contribution < -0.4 is 16.6 Å². The lowest BCUT2D eigenvalue weighted by atomic mass is 10.1. The molecule has 0 bridgehead atoms. The molecule has 0 aliphatic rings. The van der Waals surface area contributed by atoms with E-state index in [0.29, 0.717) is 0 Å². The van der Waals surface area contributed by atoms with Crippen LogP contribution in [0.4, 0.5) is 13.9 Å². The summed E-state index contributed by atoms with van der Waals surface area (Å²) in [4.78, 5) is 45.1. The van der Waals surface area contributed by atoms with Crippen LogP contribution in [0.3, 0.4) is 0 Å². The highest BCUT2D eigenvalue weighted by atomic mass is 32.1. The summed E-state index contributed by atoms with van der Waals surface area (Å²) in [6, 6.07) is 5.77. The second-order valence-corrected chi connectivity index (χ2v) is 7.25. The number of carbonyl (C=O) groups excluding carboxylic acids is 1. The molecule has 4 aromatic rings. The van der Waals surface area contributed by atoms with E-state index in [1.54, 1.807) is 0 Å². The van der Waals surface area contributed by atoms with Crippen molar-refractivity contribution in [3.8, 4) is 11.3 Å². The van der Waals surface area contributed by atoms with Gasteiger partial charge in [-0.2, -0.15) is 0 Å². The van der Waals surface area contributed by atoms with Gasteiger partial charge in [0.15, 0.2) is 5.13 Å². The molecule has 3 aromatic heterocycles. The van der Waals surface area contributed by atoms with Gasteiger partial charge in [0.05, 0.1) is 11.1 Å². The lowest BCUT2D eigenvalue weighted by Gasteiger charge is -2.08. The summed E-state index contributed by atoms with van der Waals surface area (Å²) in [7, 11) is 2.80. The van der Waals surface area contributed by atoms with Gasteiger partial charge in [-0.25, -0.2) is 23.5 Å². The van der Waals surface area contributed by atoms with E-state index in [4.69, 9.17) is 0 Å². The number of carbonyl (C=O) groups is 1. The Bertz CT molecular complexity index is 1440. The van der Waals surface area contributed by atoms with Gasteiger partial charge in [-0.15, -0.1) is 11.3 Å². The molecule has 3 heterocycles. The molecule has 11 heteroatoms. The molecule has 0 aliphatic heterocycles. The summed E-state index contributed by atoms with van der Waals surface area (Å²) in [5.74, 6) is -1.88. The summed E-state index contributed by atoms with van der Waals surface area (Å²) in [6.07, 6.45) is 0. The first kappa shape index (κ1) is 19.6. The van der Waals surface area contributed by atoms with E-state index in [1.165, 1.54) is 36.2 Å². The largest absolute Gasteiger partial charge is 0.332 e. The number of rotatable bonds is 3. The lowest BCUT2D eigenvalue weighted by Crippen LogP contribution is -2.37. The number of nitrogens with zero attached hydrogens (tertiary/aromatic N) is 4. The van der Waals surface area contributed by atoms with Crippen LogP contribution in [-0.2, 0) is 14.1 Å². The van der Waals surface area contributed by atoms with Gasteiger partial charge in [0, 0.05) is 25.0 Å². The van der Waals surface area contributed by atoms with Crippen molar-refractivity contribution in [2.45, 2.75) is 0 Å². The highest BCUT2D eigenvalue weighted by Gasteiger charge is 2.16. The molecule has 0 radical (unpaired) electrons. The monoisotopic (exact) mass is 429 g/mol. The Morgan fingerprint density at radius 3 is 2.60 bits per heavy atom. The van der Waals surface area contributed by atoms with Crippen LogP contribution in [-0.4, -0.2) is 25.0 Å². The topological polar surface area (TPSA) is 98.9 Å². The molecule has 0 unspecified atom stereocenters. The number of benzene rings is 1. The van der Waals surface area contributed by atoms with E-state index in [2.05, 4.69) is 15.3 Å². The number of hydrogen-bond acceptors (Lipinski definition) is 6. The van der Waals surface area contributed by atoms with Crippen molar-refractivity contribution in [3.05, 3.63) is 73.9 Å².